The van der Waals surface area contributed by atoms with E-state index in [4.69, 9.17) is 16.3 Å². The highest BCUT2D eigenvalue weighted by Crippen LogP contribution is 2.33. The number of carbonyl (C=O) groups is 3. The molecule has 0 saturated carbocycles. The molecule has 3 aromatic carbocycles. The van der Waals surface area contributed by atoms with Gasteiger partial charge < -0.3 is 15.4 Å². The van der Waals surface area contributed by atoms with E-state index in [2.05, 4.69) is 10.6 Å². The molecule has 11 heteroatoms. The van der Waals surface area contributed by atoms with Gasteiger partial charge in [-0.25, -0.2) is 4.79 Å². The minimum Gasteiger partial charge on any atom is -0.444 e. The average Bonchev–Trinajstić information content (AvgIpc) is 2.83. The number of carbonyl (C=O) groups excluding carboxylic acids is 3. The molecule has 172 valence electrons. The lowest BCUT2D eigenvalue weighted by Crippen LogP contribution is -2.26. The van der Waals surface area contributed by atoms with E-state index in [-0.39, 0.29) is 33.6 Å². The molecule has 34 heavy (non-hydrogen) atoms. The zero-order valence-corrected chi connectivity index (χ0v) is 18.9. The van der Waals surface area contributed by atoms with Gasteiger partial charge in [-0.2, -0.15) is 0 Å². The minimum atomic E-state index is -1.33. The van der Waals surface area contributed by atoms with Crippen molar-refractivity contribution in [2.75, 3.05) is 16.4 Å². The summed E-state index contributed by atoms with van der Waals surface area (Å²) in [5.74, 6) is -1.36. The number of halogens is 1. The number of hydrogen-bond acceptors (Lipinski definition) is 7. The highest BCUT2D eigenvalue weighted by Gasteiger charge is 2.27. The molecular formula is C23H16ClN3O6S. The maximum Gasteiger partial charge on any atom is 0.339 e. The first-order valence-electron chi connectivity index (χ1n) is 9.89. The molecule has 0 bridgehead atoms. The van der Waals surface area contributed by atoms with Crippen LogP contribution in [0.2, 0.25) is 5.02 Å². The van der Waals surface area contributed by atoms with Crippen molar-refractivity contribution in [3.8, 4) is 0 Å². The molecule has 9 nitrogen and oxygen atoms in total. The molecule has 0 aromatic heterocycles. The topological polar surface area (TPSA) is 128 Å². The van der Waals surface area contributed by atoms with E-state index in [0.717, 1.165) is 11.0 Å². The molecule has 2 amide bonds. The summed E-state index contributed by atoms with van der Waals surface area (Å²) in [5, 5.41) is 16.1. The first kappa shape index (κ1) is 23.3. The number of anilines is 2. The van der Waals surface area contributed by atoms with E-state index in [1.165, 1.54) is 30.0 Å². The average molecular weight is 498 g/mol. The first-order chi connectivity index (χ1) is 16.3. The van der Waals surface area contributed by atoms with Crippen LogP contribution < -0.4 is 10.6 Å². The van der Waals surface area contributed by atoms with E-state index in [0.29, 0.717) is 11.3 Å². The number of esters is 1. The lowest BCUT2D eigenvalue weighted by molar-refractivity contribution is -0.384. The second-order valence-corrected chi connectivity index (χ2v) is 8.58. The minimum absolute atomic E-state index is 0.0383. The molecule has 0 saturated heterocycles. The van der Waals surface area contributed by atoms with Crippen LogP contribution in [0.25, 0.3) is 0 Å². The summed E-state index contributed by atoms with van der Waals surface area (Å²) in [7, 11) is 0. The summed E-state index contributed by atoms with van der Waals surface area (Å²) >= 11 is 7.44. The second kappa shape index (κ2) is 9.94. The fourth-order valence-corrected chi connectivity index (χ4v) is 4.21. The summed E-state index contributed by atoms with van der Waals surface area (Å²) in [6.45, 7) is 0. The maximum atomic E-state index is 13.1. The Morgan fingerprint density at radius 1 is 1.12 bits per heavy atom. The number of ether oxygens (including phenoxy) is 1. The van der Waals surface area contributed by atoms with Gasteiger partial charge in [-0.1, -0.05) is 41.9 Å². The van der Waals surface area contributed by atoms with Crippen molar-refractivity contribution in [1.82, 2.24) is 0 Å². The molecule has 1 aliphatic heterocycles. The van der Waals surface area contributed by atoms with Crippen LogP contribution in [0.15, 0.2) is 71.6 Å². The van der Waals surface area contributed by atoms with Gasteiger partial charge in [0.05, 0.1) is 32.6 Å². The number of hydrogen-bond donors (Lipinski definition) is 2. The Hall–Kier alpha value is -3.89. The second-order valence-electron chi connectivity index (χ2n) is 7.15. The van der Waals surface area contributed by atoms with Crippen molar-refractivity contribution in [2.24, 2.45) is 0 Å². The molecule has 1 aliphatic rings. The third-order valence-corrected chi connectivity index (χ3v) is 6.22. The lowest BCUT2D eigenvalue weighted by atomic mass is 10.1. The standard InChI is InChI=1S/C23H16ClN3O6S/c24-16-11-15(27(31)32)7-8-17(16)26-22(29)21(13-4-2-1-3-5-13)33-23(30)14-6-9-19-18(10-14)25-20(28)12-34-19/h1-11,21H,12H2,(H,25,28)(H,26,29). The molecule has 1 atom stereocenters. The number of benzene rings is 3. The van der Waals surface area contributed by atoms with Crippen LogP contribution in [0.4, 0.5) is 17.1 Å². The normalized spacial score (nSPS) is 13.3. The van der Waals surface area contributed by atoms with E-state index >= 15 is 0 Å². The van der Waals surface area contributed by atoms with Crippen LogP contribution in [-0.4, -0.2) is 28.5 Å². The molecule has 2 N–H and O–H groups in total. The van der Waals surface area contributed by atoms with Gasteiger partial charge in [-0.3, -0.25) is 19.7 Å². The smallest absolute Gasteiger partial charge is 0.339 e. The van der Waals surface area contributed by atoms with Crippen molar-refractivity contribution < 1.29 is 24.0 Å². The predicted octanol–water partition coefficient (Wildman–Crippen LogP) is 4.83. The van der Waals surface area contributed by atoms with Gasteiger partial charge in [0.15, 0.2) is 0 Å². The van der Waals surface area contributed by atoms with E-state index in [1.54, 1.807) is 42.5 Å². The molecular weight excluding hydrogens is 482 g/mol. The van der Waals surface area contributed by atoms with Crippen LogP contribution in [0.5, 0.6) is 0 Å². The molecule has 4 rings (SSSR count). The number of nitro benzene ring substituents is 1. The van der Waals surface area contributed by atoms with Gasteiger partial charge in [0.25, 0.3) is 11.6 Å². The Kier molecular flexibility index (Phi) is 6.80. The Balaban J connectivity index is 1.58. The van der Waals surface area contributed by atoms with E-state index < -0.39 is 22.9 Å². The van der Waals surface area contributed by atoms with Gasteiger partial charge in [0, 0.05) is 22.6 Å². The number of amides is 2. The maximum absolute atomic E-state index is 13.1. The highest BCUT2D eigenvalue weighted by atomic mass is 35.5. The van der Waals surface area contributed by atoms with Crippen LogP contribution in [-0.2, 0) is 14.3 Å². The zero-order valence-electron chi connectivity index (χ0n) is 17.3. The van der Waals surface area contributed by atoms with Crippen molar-refractivity contribution in [3.63, 3.8) is 0 Å². The number of nitro groups is 1. The largest absolute Gasteiger partial charge is 0.444 e. The molecule has 0 aliphatic carbocycles. The van der Waals surface area contributed by atoms with Crippen LogP contribution >= 0.6 is 23.4 Å². The number of non-ortho nitro benzene ring substituents is 1. The first-order valence-corrected chi connectivity index (χ1v) is 11.3. The molecule has 0 radical (unpaired) electrons. The number of rotatable bonds is 6. The van der Waals surface area contributed by atoms with Crippen LogP contribution in [0, 0.1) is 10.1 Å². The number of nitrogens with one attached hydrogen (secondary N) is 2. The van der Waals surface area contributed by atoms with Gasteiger partial charge in [0.2, 0.25) is 12.0 Å². The van der Waals surface area contributed by atoms with Gasteiger partial charge in [-0.05, 0) is 24.3 Å². The zero-order chi connectivity index (χ0) is 24.2. The van der Waals surface area contributed by atoms with Gasteiger partial charge >= 0.3 is 5.97 Å². The Bertz CT molecular complexity index is 1300. The van der Waals surface area contributed by atoms with Crippen molar-refractivity contribution in [1.29, 1.82) is 0 Å². The molecule has 0 spiro atoms. The third kappa shape index (κ3) is 5.19. The SMILES string of the molecule is O=C1CSc2ccc(C(=O)OC(C(=O)Nc3ccc([N+](=O)[O-])cc3Cl)c3ccccc3)cc2N1. The summed E-state index contributed by atoms with van der Waals surface area (Å²) < 4.78 is 5.55. The number of fused-ring (bicyclic) bond motifs is 1. The summed E-state index contributed by atoms with van der Waals surface area (Å²) in [5.41, 5.74) is 0.959. The summed E-state index contributed by atoms with van der Waals surface area (Å²) in [6, 6.07) is 16.7. The van der Waals surface area contributed by atoms with Crippen molar-refractivity contribution >= 4 is 58.2 Å². The number of nitrogens with zero attached hydrogens (tertiary/aromatic N) is 1. The fourth-order valence-electron chi connectivity index (χ4n) is 3.20. The monoisotopic (exact) mass is 497 g/mol. The van der Waals surface area contributed by atoms with Gasteiger partial charge in [0.1, 0.15) is 0 Å². The van der Waals surface area contributed by atoms with Crippen LogP contribution in [0.1, 0.15) is 22.0 Å². The van der Waals surface area contributed by atoms with Gasteiger partial charge in [-0.15, -0.1) is 11.8 Å². The third-order valence-electron chi connectivity index (χ3n) is 4.83. The number of thioether (sulfide) groups is 1. The Morgan fingerprint density at radius 3 is 2.59 bits per heavy atom. The Morgan fingerprint density at radius 2 is 1.88 bits per heavy atom. The summed E-state index contributed by atoms with van der Waals surface area (Å²) in [6.07, 6.45) is -1.33. The lowest BCUT2D eigenvalue weighted by Gasteiger charge is -2.20. The highest BCUT2D eigenvalue weighted by molar-refractivity contribution is 8.00. The molecule has 1 unspecified atom stereocenters. The molecule has 1 heterocycles. The summed E-state index contributed by atoms with van der Waals surface area (Å²) in [4.78, 5) is 48.8. The quantitative estimate of drug-likeness (QED) is 0.283. The Labute approximate surface area is 202 Å². The van der Waals surface area contributed by atoms with E-state index in [1.807, 2.05) is 0 Å². The fraction of sp³-hybridized carbons (Fsp3) is 0.0870. The van der Waals surface area contributed by atoms with Crippen LogP contribution in [0.3, 0.4) is 0 Å². The van der Waals surface area contributed by atoms with E-state index in [9.17, 15) is 24.5 Å². The van der Waals surface area contributed by atoms with Crippen molar-refractivity contribution in [3.05, 3.63) is 93.0 Å². The molecule has 3 aromatic rings. The predicted molar refractivity (Wildman–Crippen MR) is 127 cm³/mol. The molecule has 0 fully saturated rings. The van der Waals surface area contributed by atoms with Crippen molar-refractivity contribution in [2.45, 2.75) is 11.0 Å².